The van der Waals surface area contributed by atoms with Crippen LogP contribution in [0.15, 0.2) is 24.3 Å². The van der Waals surface area contributed by atoms with Crippen LogP contribution in [0, 0.1) is 12.8 Å². The molecule has 0 radical (unpaired) electrons. The number of carbonyl (C=O) groups excluding carboxylic acids is 1. The van der Waals surface area contributed by atoms with Gasteiger partial charge in [0.15, 0.2) is 5.78 Å². The quantitative estimate of drug-likeness (QED) is 0.610. The number of carboxylic acids is 1. The van der Waals surface area contributed by atoms with Gasteiger partial charge in [-0.1, -0.05) is 29.8 Å². The number of carboxylic acid groups (broad SMARTS) is 1. The van der Waals surface area contributed by atoms with E-state index in [0.29, 0.717) is 5.56 Å². The van der Waals surface area contributed by atoms with Crippen molar-refractivity contribution in [3.8, 4) is 0 Å². The molecule has 0 aliphatic heterocycles. The van der Waals surface area contributed by atoms with E-state index in [1.54, 1.807) is 12.1 Å². The first-order chi connectivity index (χ1) is 7.54. The molecule has 0 spiro atoms. The summed E-state index contributed by atoms with van der Waals surface area (Å²) in [5.41, 5.74) is 1.62. The maximum atomic E-state index is 11.7. The number of rotatable bonds is 5. The van der Waals surface area contributed by atoms with Crippen LogP contribution in [0.3, 0.4) is 0 Å². The molecule has 1 atom stereocenters. The van der Waals surface area contributed by atoms with Crippen molar-refractivity contribution in [2.75, 3.05) is 5.75 Å². The first-order valence-electron chi connectivity index (χ1n) is 4.98. The SMILES string of the molecule is Cc1ccc(C(=O)CC(CS)C(=O)O)cc1. The molecule has 1 N–H and O–H groups in total. The number of benzene rings is 1. The van der Waals surface area contributed by atoms with Crippen molar-refractivity contribution in [1.29, 1.82) is 0 Å². The van der Waals surface area contributed by atoms with Crippen LogP contribution in [-0.2, 0) is 4.79 Å². The van der Waals surface area contributed by atoms with Gasteiger partial charge in [0.25, 0.3) is 0 Å². The molecule has 4 heteroatoms. The predicted molar refractivity (Wildman–Crippen MR) is 65.1 cm³/mol. The minimum absolute atomic E-state index is 0.00188. The smallest absolute Gasteiger partial charge is 0.307 e. The summed E-state index contributed by atoms with van der Waals surface area (Å²) in [7, 11) is 0. The van der Waals surface area contributed by atoms with Crippen molar-refractivity contribution in [3.63, 3.8) is 0 Å². The Bertz CT molecular complexity index is 384. The van der Waals surface area contributed by atoms with Crippen LogP contribution in [0.25, 0.3) is 0 Å². The van der Waals surface area contributed by atoms with Crippen molar-refractivity contribution < 1.29 is 14.7 Å². The van der Waals surface area contributed by atoms with Gasteiger partial charge in [0.05, 0.1) is 5.92 Å². The standard InChI is InChI=1S/C12H14O3S/c1-8-2-4-9(5-3-8)11(13)6-10(7-16)12(14)15/h2-5,10,16H,6-7H2,1H3,(H,14,15). The first-order valence-corrected chi connectivity index (χ1v) is 5.61. The van der Waals surface area contributed by atoms with Gasteiger partial charge in [-0.15, -0.1) is 0 Å². The highest BCUT2D eigenvalue weighted by Gasteiger charge is 2.20. The van der Waals surface area contributed by atoms with Gasteiger partial charge < -0.3 is 5.11 Å². The highest BCUT2D eigenvalue weighted by atomic mass is 32.1. The van der Waals surface area contributed by atoms with E-state index in [-0.39, 0.29) is 18.0 Å². The topological polar surface area (TPSA) is 54.4 Å². The Morgan fingerprint density at radius 1 is 1.31 bits per heavy atom. The normalized spacial score (nSPS) is 12.1. The van der Waals surface area contributed by atoms with Crippen molar-refractivity contribution >= 4 is 24.4 Å². The zero-order valence-corrected chi connectivity index (χ0v) is 9.91. The summed E-state index contributed by atoms with van der Waals surface area (Å²) in [6.45, 7) is 1.93. The molecule has 0 aliphatic carbocycles. The van der Waals surface area contributed by atoms with Crippen LogP contribution < -0.4 is 0 Å². The summed E-state index contributed by atoms with van der Waals surface area (Å²) in [6.07, 6.45) is 0.00188. The molecule has 0 aromatic heterocycles. The van der Waals surface area contributed by atoms with Crippen LogP contribution >= 0.6 is 12.6 Å². The Kier molecular flexibility index (Phi) is 4.55. The number of hydrogen-bond acceptors (Lipinski definition) is 3. The second kappa shape index (κ2) is 5.70. The first kappa shape index (κ1) is 12.8. The fourth-order valence-electron chi connectivity index (χ4n) is 1.31. The highest BCUT2D eigenvalue weighted by Crippen LogP contribution is 2.12. The van der Waals surface area contributed by atoms with Crippen molar-refractivity contribution in [1.82, 2.24) is 0 Å². The fraction of sp³-hybridized carbons (Fsp3) is 0.333. The van der Waals surface area contributed by atoms with E-state index >= 15 is 0 Å². The summed E-state index contributed by atoms with van der Waals surface area (Å²) in [4.78, 5) is 22.5. The van der Waals surface area contributed by atoms with E-state index in [4.69, 9.17) is 5.11 Å². The predicted octanol–water partition coefficient (Wildman–Crippen LogP) is 2.20. The van der Waals surface area contributed by atoms with Crippen molar-refractivity contribution in [2.24, 2.45) is 5.92 Å². The third-order valence-corrected chi connectivity index (χ3v) is 2.82. The molecule has 0 amide bonds. The average Bonchev–Trinajstić information content (AvgIpc) is 2.26. The zero-order valence-electron chi connectivity index (χ0n) is 9.01. The molecule has 0 aliphatic rings. The molecule has 0 saturated heterocycles. The summed E-state index contributed by atoms with van der Waals surface area (Å²) >= 11 is 3.93. The van der Waals surface area contributed by atoms with Gasteiger partial charge in [-0.2, -0.15) is 12.6 Å². The Balaban J connectivity index is 2.71. The molecule has 1 unspecified atom stereocenters. The van der Waals surface area contributed by atoms with Crippen molar-refractivity contribution in [2.45, 2.75) is 13.3 Å². The Morgan fingerprint density at radius 3 is 2.31 bits per heavy atom. The number of ketones is 1. The van der Waals surface area contributed by atoms with Crippen LogP contribution in [0.5, 0.6) is 0 Å². The maximum absolute atomic E-state index is 11.7. The van der Waals surface area contributed by atoms with Gasteiger partial charge in [-0.25, -0.2) is 0 Å². The van der Waals surface area contributed by atoms with E-state index in [9.17, 15) is 9.59 Å². The van der Waals surface area contributed by atoms with Crippen LogP contribution in [0.4, 0.5) is 0 Å². The molecule has 1 rings (SSSR count). The minimum Gasteiger partial charge on any atom is -0.481 e. The monoisotopic (exact) mass is 238 g/mol. The second-order valence-electron chi connectivity index (χ2n) is 3.71. The van der Waals surface area contributed by atoms with E-state index in [2.05, 4.69) is 12.6 Å². The van der Waals surface area contributed by atoms with Crippen LogP contribution in [0.2, 0.25) is 0 Å². The molecule has 1 aromatic rings. The minimum atomic E-state index is -0.976. The van der Waals surface area contributed by atoms with E-state index in [1.807, 2.05) is 19.1 Å². The van der Waals surface area contributed by atoms with Gasteiger partial charge in [-0.05, 0) is 6.92 Å². The summed E-state index contributed by atoms with van der Waals surface area (Å²) < 4.78 is 0. The number of thiol groups is 1. The number of aliphatic carboxylic acids is 1. The lowest BCUT2D eigenvalue weighted by Crippen LogP contribution is -2.19. The van der Waals surface area contributed by atoms with E-state index < -0.39 is 11.9 Å². The molecular weight excluding hydrogens is 224 g/mol. The van der Waals surface area contributed by atoms with Crippen molar-refractivity contribution in [3.05, 3.63) is 35.4 Å². The number of Topliss-reactive ketones (excluding diaryl/α,β-unsaturated/α-hetero) is 1. The number of aryl methyl sites for hydroxylation is 1. The third kappa shape index (κ3) is 3.38. The summed E-state index contributed by atoms with van der Waals surface area (Å²) in [5.74, 6) is -1.67. The maximum Gasteiger partial charge on any atom is 0.307 e. The summed E-state index contributed by atoms with van der Waals surface area (Å²) in [5, 5.41) is 8.81. The van der Waals surface area contributed by atoms with Gasteiger partial charge in [0, 0.05) is 17.7 Å². The molecule has 0 heterocycles. The number of carbonyl (C=O) groups is 2. The van der Waals surface area contributed by atoms with Gasteiger partial charge >= 0.3 is 5.97 Å². The van der Waals surface area contributed by atoms with Crippen LogP contribution in [-0.4, -0.2) is 22.6 Å². The van der Waals surface area contributed by atoms with Gasteiger partial charge in [-0.3, -0.25) is 9.59 Å². The lowest BCUT2D eigenvalue weighted by molar-refractivity contribution is -0.140. The zero-order chi connectivity index (χ0) is 12.1. The molecule has 0 saturated carbocycles. The lowest BCUT2D eigenvalue weighted by atomic mass is 9.99. The molecule has 1 aromatic carbocycles. The molecule has 86 valence electrons. The lowest BCUT2D eigenvalue weighted by Gasteiger charge is -2.08. The summed E-state index contributed by atoms with van der Waals surface area (Å²) in [6, 6.07) is 7.11. The average molecular weight is 238 g/mol. The van der Waals surface area contributed by atoms with E-state index in [1.165, 1.54) is 0 Å². The Morgan fingerprint density at radius 2 is 1.88 bits per heavy atom. The number of hydrogen-bond donors (Lipinski definition) is 2. The Labute approximate surface area is 99.9 Å². The Hall–Kier alpha value is -1.29. The molecule has 0 bridgehead atoms. The highest BCUT2D eigenvalue weighted by molar-refractivity contribution is 7.80. The van der Waals surface area contributed by atoms with E-state index in [0.717, 1.165) is 5.56 Å². The van der Waals surface area contributed by atoms with Crippen LogP contribution in [0.1, 0.15) is 22.3 Å². The molecule has 3 nitrogen and oxygen atoms in total. The second-order valence-corrected chi connectivity index (χ2v) is 4.08. The fourth-order valence-corrected chi connectivity index (χ4v) is 1.60. The largest absolute Gasteiger partial charge is 0.481 e. The third-order valence-electron chi connectivity index (χ3n) is 2.37. The van der Waals surface area contributed by atoms with Gasteiger partial charge in [0.2, 0.25) is 0 Å². The molecular formula is C12H14O3S. The molecule has 0 fully saturated rings. The molecule has 16 heavy (non-hydrogen) atoms. The van der Waals surface area contributed by atoms with Gasteiger partial charge in [0.1, 0.15) is 0 Å².